The molecule has 152 valence electrons. The van der Waals surface area contributed by atoms with Crippen molar-refractivity contribution < 1.29 is 9.72 Å². The number of nitrogens with zero attached hydrogens (tertiary/aromatic N) is 2. The number of nitro groups is 1. The number of hydrogen-bond acceptors (Lipinski definition) is 4. The predicted molar refractivity (Wildman–Crippen MR) is 113 cm³/mol. The van der Waals surface area contributed by atoms with Crippen molar-refractivity contribution in [1.82, 2.24) is 4.90 Å². The molecule has 2 fully saturated rings. The van der Waals surface area contributed by atoms with Crippen LogP contribution in [0.25, 0.3) is 0 Å². The van der Waals surface area contributed by atoms with Gasteiger partial charge in [-0.1, -0.05) is 49.6 Å². The molecule has 1 aliphatic heterocycles. The summed E-state index contributed by atoms with van der Waals surface area (Å²) in [7, 11) is 0. The number of anilines is 1. The summed E-state index contributed by atoms with van der Waals surface area (Å²) in [4.78, 5) is 26.1. The number of fused-ring (bicyclic) bond motifs is 1. The molecular formula is C23H27N3O3. The first-order valence-electron chi connectivity index (χ1n) is 10.5. The second kappa shape index (κ2) is 8.64. The number of carbonyl (C=O) groups excluding carboxylic acids is 1. The fourth-order valence-electron chi connectivity index (χ4n) is 4.73. The van der Waals surface area contributed by atoms with E-state index in [9.17, 15) is 14.9 Å². The average Bonchev–Trinajstić information content (AvgIpc) is 2.77. The first-order chi connectivity index (χ1) is 14.1. The fourth-order valence-corrected chi connectivity index (χ4v) is 4.73. The summed E-state index contributed by atoms with van der Waals surface area (Å²) in [6.07, 6.45) is 6.07. The Hall–Kier alpha value is -2.89. The number of piperidine rings is 1. The van der Waals surface area contributed by atoms with Crippen LogP contribution < -0.4 is 5.32 Å². The first kappa shape index (κ1) is 19.4. The average molecular weight is 393 g/mol. The largest absolute Gasteiger partial charge is 0.375 e. The Kier molecular flexibility index (Phi) is 5.79. The summed E-state index contributed by atoms with van der Waals surface area (Å²) in [6.45, 7) is 2.03. The van der Waals surface area contributed by atoms with Crippen molar-refractivity contribution in [2.24, 2.45) is 11.8 Å². The van der Waals surface area contributed by atoms with Gasteiger partial charge in [0.1, 0.15) is 5.69 Å². The van der Waals surface area contributed by atoms with Crippen LogP contribution in [0.3, 0.4) is 0 Å². The second-order valence-corrected chi connectivity index (χ2v) is 8.17. The number of amides is 1. The van der Waals surface area contributed by atoms with E-state index in [1.807, 2.05) is 35.2 Å². The Labute approximate surface area is 171 Å². The van der Waals surface area contributed by atoms with Crippen LogP contribution in [0, 0.1) is 22.0 Å². The number of benzene rings is 2. The van der Waals surface area contributed by atoms with Crippen molar-refractivity contribution in [3.63, 3.8) is 0 Å². The Bertz CT molecular complexity index is 884. The van der Waals surface area contributed by atoms with Gasteiger partial charge in [0.25, 0.3) is 11.6 Å². The van der Waals surface area contributed by atoms with Gasteiger partial charge in [-0.05, 0) is 42.4 Å². The van der Waals surface area contributed by atoms with Crippen LogP contribution in [0.5, 0.6) is 0 Å². The van der Waals surface area contributed by atoms with E-state index in [-0.39, 0.29) is 11.6 Å². The molecule has 1 saturated heterocycles. The number of rotatable bonds is 5. The summed E-state index contributed by atoms with van der Waals surface area (Å²) >= 11 is 0. The standard InChI is InChI=1S/C23H27N3O3/c27-23(25-13-12-18-8-4-5-9-20(18)16-25)19-10-11-21(22(14-19)26(28)29)24-15-17-6-2-1-3-7-17/h1-3,6-7,10-11,14,18,20,24H,4-5,8-9,12-13,15-16H2/t18-,20+/m1/s1. The topological polar surface area (TPSA) is 75.5 Å². The summed E-state index contributed by atoms with van der Waals surface area (Å²) < 4.78 is 0. The number of nitrogens with one attached hydrogen (secondary N) is 1. The molecule has 2 aromatic carbocycles. The molecule has 1 aliphatic carbocycles. The zero-order valence-corrected chi connectivity index (χ0v) is 16.5. The molecule has 6 heteroatoms. The van der Waals surface area contributed by atoms with E-state index in [0.29, 0.717) is 23.7 Å². The molecule has 4 rings (SSSR count). The third-order valence-corrected chi connectivity index (χ3v) is 6.35. The van der Waals surface area contributed by atoms with Gasteiger partial charge in [-0.3, -0.25) is 14.9 Å². The molecule has 6 nitrogen and oxygen atoms in total. The molecule has 0 unspecified atom stereocenters. The Morgan fingerprint density at radius 1 is 1.07 bits per heavy atom. The SMILES string of the molecule is O=C(c1ccc(NCc2ccccc2)c([N+](=O)[O-])c1)N1CC[C@H]2CCCC[C@H]2C1. The molecule has 0 radical (unpaired) electrons. The van der Waals surface area contributed by atoms with Crippen molar-refractivity contribution in [3.05, 3.63) is 69.8 Å². The third-order valence-electron chi connectivity index (χ3n) is 6.35. The highest BCUT2D eigenvalue weighted by Crippen LogP contribution is 2.36. The van der Waals surface area contributed by atoms with E-state index >= 15 is 0 Å². The van der Waals surface area contributed by atoms with Gasteiger partial charge >= 0.3 is 0 Å². The molecule has 2 aromatic rings. The van der Waals surface area contributed by atoms with Crippen LogP contribution in [0.2, 0.25) is 0 Å². The van der Waals surface area contributed by atoms with Crippen molar-refractivity contribution in [2.45, 2.75) is 38.6 Å². The summed E-state index contributed by atoms with van der Waals surface area (Å²) in [5.74, 6) is 1.24. The maximum Gasteiger partial charge on any atom is 0.293 e. The van der Waals surface area contributed by atoms with Gasteiger partial charge in [0.05, 0.1) is 4.92 Å². The molecule has 2 aliphatic rings. The lowest BCUT2D eigenvalue weighted by Crippen LogP contribution is -2.44. The zero-order chi connectivity index (χ0) is 20.2. The lowest BCUT2D eigenvalue weighted by Gasteiger charge is -2.41. The Morgan fingerprint density at radius 3 is 2.59 bits per heavy atom. The summed E-state index contributed by atoms with van der Waals surface area (Å²) in [5, 5.41) is 14.7. The van der Waals surface area contributed by atoms with Gasteiger partial charge in [-0.25, -0.2) is 0 Å². The lowest BCUT2D eigenvalue weighted by atomic mass is 9.75. The van der Waals surface area contributed by atoms with E-state index in [0.717, 1.165) is 31.0 Å². The van der Waals surface area contributed by atoms with E-state index < -0.39 is 4.92 Å². The summed E-state index contributed by atoms with van der Waals surface area (Å²) in [5.41, 5.74) is 1.81. The quantitative estimate of drug-likeness (QED) is 0.581. The number of likely N-dealkylation sites (tertiary alicyclic amines) is 1. The molecule has 0 bridgehead atoms. The van der Waals surface area contributed by atoms with E-state index in [4.69, 9.17) is 0 Å². The minimum Gasteiger partial charge on any atom is -0.375 e. The van der Waals surface area contributed by atoms with E-state index in [1.54, 1.807) is 12.1 Å². The normalized spacial score (nSPS) is 21.3. The van der Waals surface area contributed by atoms with Gasteiger partial charge in [0, 0.05) is 31.3 Å². The lowest BCUT2D eigenvalue weighted by molar-refractivity contribution is -0.384. The molecule has 1 heterocycles. The van der Waals surface area contributed by atoms with E-state index in [2.05, 4.69) is 5.32 Å². The molecule has 0 spiro atoms. The molecule has 29 heavy (non-hydrogen) atoms. The van der Waals surface area contributed by atoms with Crippen LogP contribution >= 0.6 is 0 Å². The van der Waals surface area contributed by atoms with Gasteiger partial charge < -0.3 is 10.2 Å². The highest BCUT2D eigenvalue weighted by atomic mass is 16.6. The smallest absolute Gasteiger partial charge is 0.293 e. The minimum absolute atomic E-state index is 0.0562. The van der Waals surface area contributed by atoms with Crippen molar-refractivity contribution in [1.29, 1.82) is 0 Å². The number of nitro benzene ring substituents is 1. The van der Waals surface area contributed by atoms with Gasteiger partial charge in [-0.15, -0.1) is 0 Å². The monoisotopic (exact) mass is 393 g/mol. The molecule has 1 amide bonds. The molecular weight excluding hydrogens is 366 g/mol. The van der Waals surface area contributed by atoms with Crippen molar-refractivity contribution in [3.8, 4) is 0 Å². The molecule has 0 aromatic heterocycles. The maximum absolute atomic E-state index is 13.0. The van der Waals surface area contributed by atoms with Crippen LogP contribution in [0.15, 0.2) is 48.5 Å². The summed E-state index contributed by atoms with van der Waals surface area (Å²) in [6, 6.07) is 14.5. The van der Waals surface area contributed by atoms with Crippen molar-refractivity contribution in [2.75, 3.05) is 18.4 Å². The predicted octanol–water partition coefficient (Wildman–Crippen LogP) is 4.86. The molecule has 1 saturated carbocycles. The first-order valence-corrected chi connectivity index (χ1v) is 10.5. The van der Waals surface area contributed by atoms with Crippen LogP contribution in [-0.2, 0) is 6.54 Å². The second-order valence-electron chi connectivity index (χ2n) is 8.17. The molecule has 2 atom stereocenters. The van der Waals surface area contributed by atoms with Gasteiger partial charge in [-0.2, -0.15) is 0 Å². The molecule has 1 N–H and O–H groups in total. The van der Waals surface area contributed by atoms with Gasteiger partial charge in [0.2, 0.25) is 0 Å². The Morgan fingerprint density at radius 2 is 1.83 bits per heavy atom. The Balaban J connectivity index is 1.48. The fraction of sp³-hybridized carbons (Fsp3) is 0.435. The number of carbonyl (C=O) groups is 1. The maximum atomic E-state index is 13.0. The van der Waals surface area contributed by atoms with Crippen LogP contribution in [-0.4, -0.2) is 28.8 Å². The van der Waals surface area contributed by atoms with Crippen LogP contribution in [0.4, 0.5) is 11.4 Å². The van der Waals surface area contributed by atoms with Crippen LogP contribution in [0.1, 0.15) is 48.0 Å². The van der Waals surface area contributed by atoms with Gasteiger partial charge in [0.15, 0.2) is 0 Å². The highest BCUT2D eigenvalue weighted by molar-refractivity contribution is 5.95. The third kappa shape index (κ3) is 4.42. The number of hydrogen-bond donors (Lipinski definition) is 1. The van der Waals surface area contributed by atoms with E-state index in [1.165, 1.54) is 31.7 Å². The zero-order valence-electron chi connectivity index (χ0n) is 16.5. The minimum atomic E-state index is -0.419. The highest BCUT2D eigenvalue weighted by Gasteiger charge is 2.33. The van der Waals surface area contributed by atoms with Crippen molar-refractivity contribution >= 4 is 17.3 Å².